The molecule has 5 heteroatoms. The zero-order valence-corrected chi connectivity index (χ0v) is 13.2. The minimum Gasteiger partial charge on any atom is -0.494 e. The van der Waals surface area contributed by atoms with Gasteiger partial charge in [0.1, 0.15) is 0 Å². The number of halogens is 1. The Morgan fingerprint density at radius 2 is 2.04 bits per heavy atom. The summed E-state index contributed by atoms with van der Waals surface area (Å²) in [5.74, 6) is -0.763. The van der Waals surface area contributed by atoms with Crippen molar-refractivity contribution in [2.75, 3.05) is 26.0 Å². The van der Waals surface area contributed by atoms with Crippen LogP contribution in [0, 0.1) is 5.82 Å². The van der Waals surface area contributed by atoms with Crippen LogP contribution in [-0.4, -0.2) is 31.5 Å². The summed E-state index contributed by atoms with van der Waals surface area (Å²) in [6.45, 7) is 1.92. The molecule has 0 unspecified atom stereocenters. The smallest absolute Gasteiger partial charge is 0.255 e. The first-order valence-corrected chi connectivity index (χ1v) is 7.52. The van der Waals surface area contributed by atoms with Gasteiger partial charge in [0.15, 0.2) is 11.6 Å². The van der Waals surface area contributed by atoms with Gasteiger partial charge in [0, 0.05) is 24.3 Å². The molecule has 1 aliphatic heterocycles. The molecule has 23 heavy (non-hydrogen) atoms. The SMILES string of the molecule is COc1ccc(C(=O)Nc2ccc3c(c2)CN(C)CC3)cc1F. The number of anilines is 1. The maximum absolute atomic E-state index is 13.7. The molecule has 2 aromatic rings. The molecule has 0 fully saturated rings. The van der Waals surface area contributed by atoms with Gasteiger partial charge in [-0.1, -0.05) is 6.07 Å². The second-order valence-electron chi connectivity index (χ2n) is 5.77. The Bertz CT molecular complexity index is 746. The van der Waals surface area contributed by atoms with Crippen molar-refractivity contribution in [1.29, 1.82) is 0 Å². The summed E-state index contributed by atoms with van der Waals surface area (Å²) in [6, 6.07) is 10.1. The molecule has 0 spiro atoms. The van der Waals surface area contributed by atoms with E-state index in [1.54, 1.807) is 6.07 Å². The summed E-state index contributed by atoms with van der Waals surface area (Å²) in [4.78, 5) is 14.5. The number of nitrogens with one attached hydrogen (secondary N) is 1. The van der Waals surface area contributed by atoms with Crippen LogP contribution >= 0.6 is 0 Å². The van der Waals surface area contributed by atoms with E-state index in [0.29, 0.717) is 0 Å². The van der Waals surface area contributed by atoms with Crippen molar-refractivity contribution in [3.63, 3.8) is 0 Å². The molecule has 0 radical (unpaired) electrons. The fraction of sp³-hybridized carbons (Fsp3) is 0.278. The minimum atomic E-state index is -0.549. The van der Waals surface area contributed by atoms with E-state index in [9.17, 15) is 9.18 Å². The molecule has 0 aromatic heterocycles. The Hall–Kier alpha value is -2.40. The van der Waals surface area contributed by atoms with Crippen molar-refractivity contribution in [1.82, 2.24) is 4.90 Å². The van der Waals surface area contributed by atoms with E-state index < -0.39 is 5.82 Å². The van der Waals surface area contributed by atoms with Gasteiger partial charge >= 0.3 is 0 Å². The van der Waals surface area contributed by atoms with Crippen molar-refractivity contribution in [3.8, 4) is 5.75 Å². The molecule has 2 aromatic carbocycles. The summed E-state index contributed by atoms with van der Waals surface area (Å²) in [6.07, 6.45) is 1.02. The number of nitrogens with zero attached hydrogens (tertiary/aromatic N) is 1. The second kappa shape index (κ2) is 6.38. The molecule has 1 amide bonds. The summed E-state index contributed by atoms with van der Waals surface area (Å²) in [5.41, 5.74) is 3.52. The Balaban J connectivity index is 1.78. The molecule has 0 aliphatic carbocycles. The zero-order chi connectivity index (χ0) is 16.4. The number of hydrogen-bond acceptors (Lipinski definition) is 3. The molecule has 0 saturated carbocycles. The number of amides is 1. The van der Waals surface area contributed by atoms with Crippen LogP contribution in [0.2, 0.25) is 0 Å². The number of likely N-dealkylation sites (N-methyl/N-ethyl adjacent to an activating group) is 1. The number of carbonyl (C=O) groups is 1. The summed E-state index contributed by atoms with van der Waals surface area (Å²) in [5, 5.41) is 2.82. The first kappa shape index (κ1) is 15.5. The van der Waals surface area contributed by atoms with E-state index in [0.717, 1.165) is 25.2 Å². The van der Waals surface area contributed by atoms with Crippen LogP contribution in [0.25, 0.3) is 0 Å². The lowest BCUT2D eigenvalue weighted by atomic mass is 9.99. The standard InChI is InChI=1S/C18H19FN2O2/c1-21-8-7-12-3-5-15(9-14(12)11-21)20-18(22)13-4-6-17(23-2)16(19)10-13/h3-6,9-10H,7-8,11H2,1-2H3,(H,20,22). The highest BCUT2D eigenvalue weighted by molar-refractivity contribution is 6.04. The van der Waals surface area contributed by atoms with E-state index in [4.69, 9.17) is 4.74 Å². The van der Waals surface area contributed by atoms with Gasteiger partial charge in [-0.2, -0.15) is 0 Å². The molecule has 0 atom stereocenters. The van der Waals surface area contributed by atoms with Gasteiger partial charge in [0.2, 0.25) is 0 Å². The maximum atomic E-state index is 13.7. The molecular weight excluding hydrogens is 295 g/mol. The highest BCUT2D eigenvalue weighted by Crippen LogP contribution is 2.23. The molecule has 1 N–H and O–H groups in total. The van der Waals surface area contributed by atoms with E-state index >= 15 is 0 Å². The van der Waals surface area contributed by atoms with Crippen LogP contribution in [0.4, 0.5) is 10.1 Å². The lowest BCUT2D eigenvalue weighted by Gasteiger charge is -2.25. The van der Waals surface area contributed by atoms with Crippen LogP contribution in [0.1, 0.15) is 21.5 Å². The van der Waals surface area contributed by atoms with Crippen LogP contribution < -0.4 is 10.1 Å². The molecule has 0 saturated heterocycles. The van der Waals surface area contributed by atoms with Gasteiger partial charge in [-0.05, 0) is 54.9 Å². The Kier molecular flexibility index (Phi) is 4.30. The summed E-state index contributed by atoms with van der Waals surface area (Å²) in [7, 11) is 3.47. The van der Waals surface area contributed by atoms with Gasteiger partial charge in [0.25, 0.3) is 5.91 Å². The first-order chi connectivity index (χ1) is 11.1. The highest BCUT2D eigenvalue weighted by Gasteiger charge is 2.15. The third-order valence-corrected chi connectivity index (χ3v) is 4.08. The molecule has 1 aliphatic rings. The number of rotatable bonds is 3. The molecule has 0 bridgehead atoms. The highest BCUT2D eigenvalue weighted by atomic mass is 19.1. The number of fused-ring (bicyclic) bond motifs is 1. The number of ether oxygens (including phenoxy) is 1. The van der Waals surface area contributed by atoms with Crippen molar-refractivity contribution in [2.24, 2.45) is 0 Å². The molecule has 3 rings (SSSR count). The Morgan fingerprint density at radius 1 is 1.22 bits per heavy atom. The van der Waals surface area contributed by atoms with Crippen molar-refractivity contribution < 1.29 is 13.9 Å². The summed E-state index contributed by atoms with van der Waals surface area (Å²) < 4.78 is 18.6. The predicted octanol–water partition coefficient (Wildman–Crippen LogP) is 3.07. The van der Waals surface area contributed by atoms with E-state index in [2.05, 4.69) is 17.3 Å². The van der Waals surface area contributed by atoms with E-state index in [1.807, 2.05) is 18.2 Å². The zero-order valence-electron chi connectivity index (χ0n) is 13.2. The maximum Gasteiger partial charge on any atom is 0.255 e. The fourth-order valence-electron chi connectivity index (χ4n) is 2.79. The second-order valence-corrected chi connectivity index (χ2v) is 5.77. The topological polar surface area (TPSA) is 41.6 Å². The van der Waals surface area contributed by atoms with Crippen LogP contribution in [0.3, 0.4) is 0 Å². The predicted molar refractivity (Wildman–Crippen MR) is 87.4 cm³/mol. The van der Waals surface area contributed by atoms with Gasteiger partial charge in [-0.3, -0.25) is 4.79 Å². The lowest BCUT2D eigenvalue weighted by molar-refractivity contribution is 0.102. The first-order valence-electron chi connectivity index (χ1n) is 7.52. The third-order valence-electron chi connectivity index (χ3n) is 4.08. The lowest BCUT2D eigenvalue weighted by Crippen LogP contribution is -2.26. The molecule has 4 nitrogen and oxygen atoms in total. The van der Waals surface area contributed by atoms with Crippen molar-refractivity contribution >= 4 is 11.6 Å². The van der Waals surface area contributed by atoms with E-state index in [-0.39, 0.29) is 17.2 Å². The monoisotopic (exact) mass is 314 g/mol. The Labute approximate surface area is 134 Å². The Morgan fingerprint density at radius 3 is 2.78 bits per heavy atom. The molecular formula is C18H19FN2O2. The number of benzene rings is 2. The average Bonchev–Trinajstić information content (AvgIpc) is 2.54. The quantitative estimate of drug-likeness (QED) is 0.946. The summed E-state index contributed by atoms with van der Waals surface area (Å²) >= 11 is 0. The minimum absolute atomic E-state index is 0.123. The normalized spacial score (nSPS) is 14.2. The van der Waals surface area contributed by atoms with Gasteiger partial charge in [0.05, 0.1) is 7.11 Å². The van der Waals surface area contributed by atoms with Gasteiger partial charge in [-0.25, -0.2) is 4.39 Å². The van der Waals surface area contributed by atoms with Crippen LogP contribution in [-0.2, 0) is 13.0 Å². The van der Waals surface area contributed by atoms with Crippen LogP contribution in [0.15, 0.2) is 36.4 Å². The molecule has 1 heterocycles. The number of carbonyl (C=O) groups excluding carboxylic acids is 1. The van der Waals surface area contributed by atoms with Gasteiger partial charge < -0.3 is 15.0 Å². The van der Waals surface area contributed by atoms with Crippen LogP contribution in [0.5, 0.6) is 5.75 Å². The van der Waals surface area contributed by atoms with Gasteiger partial charge in [-0.15, -0.1) is 0 Å². The largest absolute Gasteiger partial charge is 0.494 e. The molecule has 120 valence electrons. The fourth-order valence-corrected chi connectivity index (χ4v) is 2.79. The van der Waals surface area contributed by atoms with Crippen molar-refractivity contribution in [3.05, 3.63) is 58.9 Å². The number of hydrogen-bond donors (Lipinski definition) is 1. The number of methoxy groups -OCH3 is 1. The average molecular weight is 314 g/mol. The van der Waals surface area contributed by atoms with Crippen molar-refractivity contribution in [2.45, 2.75) is 13.0 Å². The van der Waals surface area contributed by atoms with E-state index in [1.165, 1.54) is 30.4 Å². The third kappa shape index (κ3) is 3.35.